The highest BCUT2D eigenvalue weighted by atomic mass is 16.5. The molecule has 1 saturated heterocycles. The molecule has 1 aliphatic heterocycles. The minimum Gasteiger partial charge on any atom is -0.507 e. The maximum atomic E-state index is 13.5. The number of aryl methyl sites for hydroxylation is 1. The van der Waals surface area contributed by atoms with Crippen molar-refractivity contribution in [1.82, 2.24) is 0 Å². The molecule has 0 saturated carbocycles. The van der Waals surface area contributed by atoms with Crippen LogP contribution in [0.15, 0.2) is 72.3 Å². The Morgan fingerprint density at radius 1 is 0.917 bits per heavy atom. The molecule has 7 nitrogen and oxygen atoms in total. The molecule has 0 aliphatic carbocycles. The molecule has 1 fully saturated rings. The third kappa shape index (κ3) is 4.64. The summed E-state index contributed by atoms with van der Waals surface area (Å²) in [6, 6.07) is 18.6. The van der Waals surface area contributed by atoms with Crippen molar-refractivity contribution < 1.29 is 28.9 Å². The third-order valence-electron chi connectivity index (χ3n) is 5.95. The van der Waals surface area contributed by atoms with Crippen LogP contribution in [-0.4, -0.2) is 37.1 Å². The van der Waals surface area contributed by atoms with Crippen molar-refractivity contribution in [1.29, 1.82) is 0 Å². The van der Waals surface area contributed by atoms with Gasteiger partial charge in [0.05, 0.1) is 31.9 Å². The Bertz CT molecular complexity index is 1330. The van der Waals surface area contributed by atoms with E-state index in [1.807, 2.05) is 45.0 Å². The van der Waals surface area contributed by atoms with Crippen LogP contribution in [0.4, 0.5) is 5.69 Å². The van der Waals surface area contributed by atoms with Crippen molar-refractivity contribution in [2.45, 2.75) is 26.8 Å². The second-order valence-electron chi connectivity index (χ2n) is 8.31. The zero-order valence-corrected chi connectivity index (χ0v) is 20.8. The number of aliphatic hydroxyl groups is 1. The summed E-state index contributed by atoms with van der Waals surface area (Å²) in [6.45, 7) is 6.52. The molecule has 1 amide bonds. The zero-order valence-electron chi connectivity index (χ0n) is 20.8. The number of rotatable bonds is 8. The molecule has 3 aromatic carbocycles. The highest BCUT2D eigenvalue weighted by Crippen LogP contribution is 2.44. The first-order chi connectivity index (χ1) is 17.4. The van der Waals surface area contributed by atoms with E-state index in [4.69, 9.17) is 14.2 Å². The number of benzene rings is 3. The number of aliphatic hydroxyl groups excluding tert-OH is 1. The largest absolute Gasteiger partial charge is 0.507 e. The van der Waals surface area contributed by atoms with E-state index in [0.29, 0.717) is 47.3 Å². The molecule has 1 aliphatic rings. The van der Waals surface area contributed by atoms with E-state index in [0.717, 1.165) is 5.56 Å². The van der Waals surface area contributed by atoms with Crippen LogP contribution in [0.5, 0.6) is 17.2 Å². The van der Waals surface area contributed by atoms with Gasteiger partial charge in [-0.25, -0.2) is 0 Å². The van der Waals surface area contributed by atoms with Crippen molar-refractivity contribution in [3.63, 3.8) is 0 Å². The molecule has 4 rings (SSSR count). The number of ether oxygens (including phenoxy) is 3. The van der Waals surface area contributed by atoms with Crippen LogP contribution >= 0.6 is 0 Å². The normalized spacial score (nSPS) is 16.8. The maximum Gasteiger partial charge on any atom is 0.300 e. The van der Waals surface area contributed by atoms with Gasteiger partial charge >= 0.3 is 0 Å². The van der Waals surface area contributed by atoms with Gasteiger partial charge in [0, 0.05) is 17.3 Å². The molecule has 3 aromatic rings. The number of nitrogens with zero attached hydrogens (tertiary/aromatic N) is 1. The van der Waals surface area contributed by atoms with E-state index in [-0.39, 0.29) is 11.3 Å². The molecule has 0 spiro atoms. The Hall–Kier alpha value is -4.26. The number of hydrogen-bond donors (Lipinski definition) is 1. The van der Waals surface area contributed by atoms with Gasteiger partial charge in [-0.15, -0.1) is 0 Å². The lowest BCUT2D eigenvalue weighted by molar-refractivity contribution is -0.132. The summed E-state index contributed by atoms with van der Waals surface area (Å²) in [5.74, 6) is -0.241. The minimum atomic E-state index is -0.844. The summed E-state index contributed by atoms with van der Waals surface area (Å²) in [5, 5.41) is 11.3. The Balaban J connectivity index is 1.93. The van der Waals surface area contributed by atoms with Crippen LogP contribution in [0.3, 0.4) is 0 Å². The molecule has 1 unspecified atom stereocenters. The predicted octanol–water partition coefficient (Wildman–Crippen LogP) is 5.43. The van der Waals surface area contributed by atoms with E-state index < -0.39 is 17.7 Å². The average molecular weight is 488 g/mol. The standard InChI is InChI=1S/C29H29NO6/c1-5-35-23-14-13-21(17-24(23)36-6-2)30-26(19-10-7-9-18(3)15-19)25(28(32)29(30)33)27(31)20-11-8-12-22(16-20)34-4/h7-17,26,31H,5-6H2,1-4H3/b27-25+. The van der Waals surface area contributed by atoms with Gasteiger partial charge in [0.1, 0.15) is 11.5 Å². The highest BCUT2D eigenvalue weighted by molar-refractivity contribution is 6.51. The van der Waals surface area contributed by atoms with E-state index in [2.05, 4.69) is 0 Å². The summed E-state index contributed by atoms with van der Waals surface area (Å²) >= 11 is 0. The quantitative estimate of drug-likeness (QED) is 0.259. The first-order valence-corrected chi connectivity index (χ1v) is 11.8. The van der Waals surface area contributed by atoms with Gasteiger partial charge in [-0.3, -0.25) is 14.5 Å². The molecule has 7 heteroatoms. The van der Waals surface area contributed by atoms with E-state index in [1.54, 1.807) is 42.5 Å². The SMILES string of the molecule is CCOc1ccc(N2C(=O)C(=O)/C(=C(/O)c3cccc(OC)c3)C2c2cccc(C)c2)cc1OCC. The van der Waals surface area contributed by atoms with Crippen LogP contribution in [0.1, 0.15) is 36.6 Å². The first-order valence-electron chi connectivity index (χ1n) is 11.8. The van der Waals surface area contributed by atoms with Crippen LogP contribution in [-0.2, 0) is 9.59 Å². The number of ketones is 1. The molecule has 36 heavy (non-hydrogen) atoms. The molecule has 1 heterocycles. The molecule has 0 radical (unpaired) electrons. The molecular weight excluding hydrogens is 458 g/mol. The van der Waals surface area contributed by atoms with Gasteiger partial charge in [-0.1, -0.05) is 42.0 Å². The van der Waals surface area contributed by atoms with E-state index >= 15 is 0 Å². The van der Waals surface area contributed by atoms with Gasteiger partial charge in [0.15, 0.2) is 11.5 Å². The number of carbonyl (C=O) groups is 2. The molecule has 186 valence electrons. The Morgan fingerprint density at radius 2 is 1.64 bits per heavy atom. The minimum absolute atomic E-state index is 0.00528. The van der Waals surface area contributed by atoms with Gasteiger partial charge in [-0.05, 0) is 50.6 Å². The van der Waals surface area contributed by atoms with E-state index in [1.165, 1.54) is 12.0 Å². The fraction of sp³-hybridized carbons (Fsp3) is 0.241. The number of Topliss-reactive ketones (excluding diaryl/α,β-unsaturated/α-hetero) is 1. The Kier molecular flexibility index (Phi) is 7.29. The van der Waals surface area contributed by atoms with Gasteiger partial charge in [0.2, 0.25) is 0 Å². The molecule has 0 bridgehead atoms. The van der Waals surface area contributed by atoms with Crippen LogP contribution < -0.4 is 19.1 Å². The Morgan fingerprint density at radius 3 is 2.33 bits per heavy atom. The number of carbonyl (C=O) groups excluding carboxylic acids is 2. The fourth-order valence-electron chi connectivity index (χ4n) is 4.37. The first kappa shape index (κ1) is 24.9. The topological polar surface area (TPSA) is 85.3 Å². The summed E-state index contributed by atoms with van der Waals surface area (Å²) < 4.78 is 16.7. The number of methoxy groups -OCH3 is 1. The van der Waals surface area contributed by atoms with Gasteiger partial charge in [-0.2, -0.15) is 0 Å². The zero-order chi connectivity index (χ0) is 25.8. The van der Waals surface area contributed by atoms with Crippen molar-refractivity contribution in [3.05, 3.63) is 89.0 Å². The average Bonchev–Trinajstić information content (AvgIpc) is 3.15. The van der Waals surface area contributed by atoms with Crippen molar-refractivity contribution in [2.75, 3.05) is 25.2 Å². The Labute approximate surface area is 210 Å². The number of hydrogen-bond acceptors (Lipinski definition) is 6. The summed E-state index contributed by atoms with van der Waals surface area (Å²) in [5.41, 5.74) is 2.50. The summed E-state index contributed by atoms with van der Waals surface area (Å²) in [4.78, 5) is 28.3. The summed E-state index contributed by atoms with van der Waals surface area (Å²) in [7, 11) is 1.52. The smallest absolute Gasteiger partial charge is 0.300 e. The van der Waals surface area contributed by atoms with Crippen molar-refractivity contribution in [2.24, 2.45) is 0 Å². The van der Waals surface area contributed by atoms with Crippen LogP contribution in [0.2, 0.25) is 0 Å². The maximum absolute atomic E-state index is 13.5. The number of amides is 1. The fourth-order valence-corrected chi connectivity index (χ4v) is 4.37. The van der Waals surface area contributed by atoms with E-state index in [9.17, 15) is 14.7 Å². The van der Waals surface area contributed by atoms with Gasteiger partial charge in [0.25, 0.3) is 11.7 Å². The second kappa shape index (κ2) is 10.6. The van der Waals surface area contributed by atoms with Gasteiger partial charge < -0.3 is 19.3 Å². The van der Waals surface area contributed by atoms with Crippen molar-refractivity contribution >= 4 is 23.1 Å². The van der Waals surface area contributed by atoms with Crippen LogP contribution in [0, 0.1) is 6.92 Å². The van der Waals surface area contributed by atoms with Crippen molar-refractivity contribution in [3.8, 4) is 17.2 Å². The number of anilines is 1. The lowest BCUT2D eigenvalue weighted by Gasteiger charge is -2.26. The third-order valence-corrected chi connectivity index (χ3v) is 5.95. The summed E-state index contributed by atoms with van der Waals surface area (Å²) in [6.07, 6.45) is 0. The monoisotopic (exact) mass is 487 g/mol. The van der Waals surface area contributed by atoms with Crippen LogP contribution in [0.25, 0.3) is 5.76 Å². The second-order valence-corrected chi connectivity index (χ2v) is 8.31. The molecule has 0 aromatic heterocycles. The lowest BCUT2D eigenvalue weighted by atomic mass is 9.94. The molecule has 1 atom stereocenters. The predicted molar refractivity (Wildman–Crippen MR) is 138 cm³/mol. The molecule has 1 N–H and O–H groups in total. The lowest BCUT2D eigenvalue weighted by Crippen LogP contribution is -2.29. The highest BCUT2D eigenvalue weighted by Gasteiger charge is 2.47. The molecular formula is C29H29NO6.